The molecule has 5 heteroatoms. The van der Waals surface area contributed by atoms with Crippen molar-refractivity contribution in [1.29, 1.82) is 0 Å². The quantitative estimate of drug-likeness (QED) is 0.728. The molecule has 0 spiro atoms. The third-order valence-electron chi connectivity index (χ3n) is 2.04. The highest BCUT2D eigenvalue weighted by Gasteiger charge is 2.06. The van der Waals surface area contributed by atoms with E-state index in [1.807, 2.05) is 6.92 Å². The highest BCUT2D eigenvalue weighted by atomic mass is 19.1. The van der Waals surface area contributed by atoms with Crippen molar-refractivity contribution in [2.24, 2.45) is 5.73 Å². The lowest BCUT2D eigenvalue weighted by Gasteiger charge is -2.14. The minimum absolute atomic E-state index is 0.0259. The second-order valence-corrected chi connectivity index (χ2v) is 3.66. The molecule has 0 saturated heterocycles. The number of halogens is 1. The van der Waals surface area contributed by atoms with Crippen molar-refractivity contribution in [2.45, 2.75) is 19.9 Å². The van der Waals surface area contributed by atoms with Gasteiger partial charge in [0.15, 0.2) is 0 Å². The van der Waals surface area contributed by atoms with Crippen molar-refractivity contribution >= 4 is 17.3 Å². The van der Waals surface area contributed by atoms with E-state index < -0.39 is 0 Å². The van der Waals surface area contributed by atoms with Crippen molar-refractivity contribution in [3.05, 3.63) is 24.0 Å². The summed E-state index contributed by atoms with van der Waals surface area (Å²) in [6.07, 6.45) is 0. The Labute approximate surface area is 94.0 Å². The molecule has 16 heavy (non-hydrogen) atoms. The van der Waals surface area contributed by atoms with Gasteiger partial charge >= 0.3 is 0 Å². The third kappa shape index (κ3) is 3.51. The van der Waals surface area contributed by atoms with Gasteiger partial charge in [-0.3, -0.25) is 4.79 Å². The zero-order chi connectivity index (χ0) is 12.1. The van der Waals surface area contributed by atoms with E-state index in [-0.39, 0.29) is 17.8 Å². The summed E-state index contributed by atoms with van der Waals surface area (Å²) in [5.41, 5.74) is 6.33. The topological polar surface area (TPSA) is 67.2 Å². The maximum Gasteiger partial charge on any atom is 0.221 e. The minimum atomic E-state index is -0.366. The maximum absolute atomic E-state index is 13.4. The molecule has 1 amide bonds. The van der Waals surface area contributed by atoms with E-state index in [2.05, 4.69) is 10.6 Å². The van der Waals surface area contributed by atoms with Crippen LogP contribution in [0.25, 0.3) is 0 Å². The Morgan fingerprint density at radius 1 is 1.56 bits per heavy atom. The van der Waals surface area contributed by atoms with E-state index in [0.29, 0.717) is 17.9 Å². The zero-order valence-electron chi connectivity index (χ0n) is 9.38. The molecule has 1 rings (SSSR count). The van der Waals surface area contributed by atoms with Crippen LogP contribution in [0.2, 0.25) is 0 Å². The van der Waals surface area contributed by atoms with E-state index in [1.54, 1.807) is 6.07 Å². The van der Waals surface area contributed by atoms with E-state index >= 15 is 0 Å². The molecule has 0 fully saturated rings. The lowest BCUT2D eigenvalue weighted by molar-refractivity contribution is -0.114. The summed E-state index contributed by atoms with van der Waals surface area (Å²) in [6, 6.07) is 4.33. The average Bonchev–Trinajstić information content (AvgIpc) is 2.22. The first-order valence-electron chi connectivity index (χ1n) is 5.06. The number of nitrogens with one attached hydrogen (secondary N) is 2. The molecule has 0 bridgehead atoms. The number of rotatable bonds is 4. The van der Waals surface area contributed by atoms with Gasteiger partial charge in [0.25, 0.3) is 0 Å². The van der Waals surface area contributed by atoms with Gasteiger partial charge in [-0.15, -0.1) is 0 Å². The van der Waals surface area contributed by atoms with Gasteiger partial charge in [-0.05, 0) is 25.1 Å². The van der Waals surface area contributed by atoms with Crippen LogP contribution < -0.4 is 16.4 Å². The Hall–Kier alpha value is -1.62. The average molecular weight is 225 g/mol. The number of carbonyl (C=O) groups is 1. The molecule has 0 aromatic heterocycles. The molecule has 1 aromatic carbocycles. The Morgan fingerprint density at radius 3 is 2.81 bits per heavy atom. The summed E-state index contributed by atoms with van der Waals surface area (Å²) in [5, 5.41) is 5.51. The molecule has 1 unspecified atom stereocenters. The van der Waals surface area contributed by atoms with Crippen LogP contribution in [0.15, 0.2) is 18.2 Å². The first-order valence-corrected chi connectivity index (χ1v) is 5.06. The van der Waals surface area contributed by atoms with Gasteiger partial charge in [0, 0.05) is 25.2 Å². The van der Waals surface area contributed by atoms with Gasteiger partial charge in [0.2, 0.25) is 5.91 Å². The summed E-state index contributed by atoms with van der Waals surface area (Å²) in [6.45, 7) is 3.66. The SMILES string of the molecule is CC(=O)Nc1ccc(F)c(NC(C)CN)c1. The minimum Gasteiger partial charge on any atom is -0.379 e. The van der Waals surface area contributed by atoms with Gasteiger partial charge in [0.1, 0.15) is 5.82 Å². The van der Waals surface area contributed by atoms with Gasteiger partial charge in [-0.1, -0.05) is 0 Å². The first-order chi connectivity index (χ1) is 7.52. The molecule has 0 aliphatic carbocycles. The maximum atomic E-state index is 13.4. The van der Waals surface area contributed by atoms with Crippen molar-refractivity contribution < 1.29 is 9.18 Å². The highest BCUT2D eigenvalue weighted by Crippen LogP contribution is 2.20. The molecule has 4 nitrogen and oxygen atoms in total. The summed E-state index contributed by atoms with van der Waals surface area (Å²) < 4.78 is 13.4. The molecule has 0 heterocycles. The molecule has 0 aliphatic rings. The number of carbonyl (C=O) groups excluding carboxylic acids is 1. The predicted molar refractivity (Wildman–Crippen MR) is 62.8 cm³/mol. The number of nitrogens with two attached hydrogens (primary N) is 1. The number of hydrogen-bond acceptors (Lipinski definition) is 3. The van der Waals surface area contributed by atoms with Crippen LogP contribution >= 0.6 is 0 Å². The molecular weight excluding hydrogens is 209 g/mol. The molecule has 1 aromatic rings. The van der Waals surface area contributed by atoms with E-state index in [1.165, 1.54) is 19.1 Å². The van der Waals surface area contributed by atoms with E-state index in [4.69, 9.17) is 5.73 Å². The lowest BCUT2D eigenvalue weighted by Crippen LogP contribution is -2.25. The fourth-order valence-electron chi connectivity index (χ4n) is 1.24. The monoisotopic (exact) mass is 225 g/mol. The van der Waals surface area contributed by atoms with Crippen LogP contribution in [-0.2, 0) is 4.79 Å². The fraction of sp³-hybridized carbons (Fsp3) is 0.364. The standard InChI is InChI=1S/C11H16FN3O/c1-7(6-13)14-11-5-9(15-8(2)16)3-4-10(11)12/h3-5,7,14H,6,13H2,1-2H3,(H,15,16). The second-order valence-electron chi connectivity index (χ2n) is 3.66. The fourth-order valence-corrected chi connectivity index (χ4v) is 1.24. The van der Waals surface area contributed by atoms with Crippen molar-refractivity contribution in [3.8, 4) is 0 Å². The zero-order valence-corrected chi connectivity index (χ0v) is 9.38. The molecular formula is C11H16FN3O. The van der Waals surface area contributed by atoms with Gasteiger partial charge < -0.3 is 16.4 Å². The number of hydrogen-bond donors (Lipinski definition) is 3. The Kier molecular flexibility index (Phi) is 4.25. The normalized spacial score (nSPS) is 12.0. The summed E-state index contributed by atoms with van der Waals surface area (Å²) in [5.74, 6) is -0.557. The number of benzene rings is 1. The third-order valence-corrected chi connectivity index (χ3v) is 2.04. The second kappa shape index (κ2) is 5.46. The molecule has 1 atom stereocenters. The van der Waals surface area contributed by atoms with Crippen molar-refractivity contribution in [1.82, 2.24) is 0 Å². The van der Waals surface area contributed by atoms with Crippen LogP contribution in [0.1, 0.15) is 13.8 Å². The molecule has 0 saturated carbocycles. The van der Waals surface area contributed by atoms with Gasteiger partial charge in [-0.25, -0.2) is 4.39 Å². The smallest absolute Gasteiger partial charge is 0.221 e. The molecule has 0 radical (unpaired) electrons. The molecule has 88 valence electrons. The first kappa shape index (κ1) is 12.4. The lowest BCUT2D eigenvalue weighted by atomic mass is 10.2. The Balaban J connectivity index is 2.85. The predicted octanol–water partition coefficient (Wildman–Crippen LogP) is 1.54. The summed E-state index contributed by atoms with van der Waals surface area (Å²) in [4.78, 5) is 10.8. The number of amides is 1. The molecule has 4 N–H and O–H groups in total. The van der Waals surface area contributed by atoms with Crippen LogP contribution in [0, 0.1) is 5.82 Å². The van der Waals surface area contributed by atoms with Crippen molar-refractivity contribution in [3.63, 3.8) is 0 Å². The number of anilines is 2. The van der Waals surface area contributed by atoms with Crippen molar-refractivity contribution in [2.75, 3.05) is 17.2 Å². The van der Waals surface area contributed by atoms with Crippen LogP contribution in [-0.4, -0.2) is 18.5 Å². The Morgan fingerprint density at radius 2 is 2.25 bits per heavy atom. The van der Waals surface area contributed by atoms with E-state index in [9.17, 15) is 9.18 Å². The summed E-state index contributed by atoms with van der Waals surface area (Å²) in [7, 11) is 0. The highest BCUT2D eigenvalue weighted by molar-refractivity contribution is 5.89. The molecule has 0 aliphatic heterocycles. The van der Waals surface area contributed by atoms with Gasteiger partial charge in [-0.2, -0.15) is 0 Å². The van der Waals surface area contributed by atoms with Crippen LogP contribution in [0.3, 0.4) is 0 Å². The van der Waals surface area contributed by atoms with Crippen LogP contribution in [0.5, 0.6) is 0 Å². The largest absolute Gasteiger partial charge is 0.379 e. The van der Waals surface area contributed by atoms with Crippen LogP contribution in [0.4, 0.5) is 15.8 Å². The van der Waals surface area contributed by atoms with E-state index in [0.717, 1.165) is 0 Å². The van der Waals surface area contributed by atoms with Gasteiger partial charge in [0.05, 0.1) is 5.69 Å². The Bertz CT molecular complexity index is 381. The summed E-state index contributed by atoms with van der Waals surface area (Å²) >= 11 is 0.